The molecule has 1 saturated heterocycles. The van der Waals surface area contributed by atoms with E-state index in [2.05, 4.69) is 26.1 Å². The fourth-order valence-corrected chi connectivity index (χ4v) is 6.19. The molecule has 38 heavy (non-hydrogen) atoms. The van der Waals surface area contributed by atoms with Gasteiger partial charge >= 0.3 is 5.97 Å². The summed E-state index contributed by atoms with van der Waals surface area (Å²) in [4.78, 5) is 69.6. The SMILES string of the molecule is CON=C(C(=O)NC1C(=O)N2C(C(=O)O)=C(C[n+]3cccc(NC=O)c3)CS[C@H]12)c1nc(NC=O)sc1Cl. The Morgan fingerprint density at radius 1 is 1.37 bits per heavy atom. The highest BCUT2D eigenvalue weighted by atomic mass is 35.5. The number of thioether (sulfide) groups is 1. The highest BCUT2D eigenvalue weighted by Gasteiger charge is 2.55. The molecule has 1 unspecified atom stereocenters. The van der Waals surface area contributed by atoms with Gasteiger partial charge < -0.3 is 25.9 Å². The van der Waals surface area contributed by atoms with Gasteiger partial charge in [-0.2, -0.15) is 4.57 Å². The second kappa shape index (κ2) is 11.6. The molecule has 0 aromatic carbocycles. The molecule has 2 aromatic heterocycles. The zero-order valence-corrected chi connectivity index (χ0v) is 21.8. The number of rotatable bonds is 11. The van der Waals surface area contributed by atoms with Crippen molar-refractivity contribution in [3.63, 3.8) is 0 Å². The molecule has 198 valence electrons. The summed E-state index contributed by atoms with van der Waals surface area (Å²) >= 11 is 8.34. The fourth-order valence-electron chi connectivity index (χ4n) is 3.85. The first-order valence-corrected chi connectivity index (χ1v) is 12.9. The number of anilines is 2. The van der Waals surface area contributed by atoms with Gasteiger partial charge in [0.25, 0.3) is 11.8 Å². The van der Waals surface area contributed by atoms with Crippen molar-refractivity contribution in [2.45, 2.75) is 18.0 Å². The highest BCUT2D eigenvalue weighted by molar-refractivity contribution is 8.00. The lowest BCUT2D eigenvalue weighted by Gasteiger charge is -2.49. The van der Waals surface area contributed by atoms with Crippen LogP contribution < -0.4 is 20.5 Å². The van der Waals surface area contributed by atoms with Crippen LogP contribution in [-0.2, 0) is 35.4 Å². The largest absolute Gasteiger partial charge is 0.477 e. The summed E-state index contributed by atoms with van der Waals surface area (Å²) < 4.78 is 1.74. The Morgan fingerprint density at radius 3 is 2.82 bits per heavy atom. The number of carbonyl (C=O) groups excluding carboxylic acids is 4. The van der Waals surface area contributed by atoms with Crippen molar-refractivity contribution in [1.82, 2.24) is 15.2 Å². The summed E-state index contributed by atoms with van der Waals surface area (Å²) in [7, 11) is 1.21. The quantitative estimate of drug-likeness (QED) is 0.0934. The number of pyridine rings is 1. The number of hydrogen-bond acceptors (Lipinski definition) is 10. The minimum Gasteiger partial charge on any atom is -0.477 e. The topological polar surface area (TPSA) is 183 Å². The lowest BCUT2D eigenvalue weighted by molar-refractivity contribution is -0.688. The number of hydrogen-bond donors (Lipinski definition) is 4. The number of amides is 4. The number of fused-ring (bicyclic) bond motifs is 1. The Hall–Kier alpha value is -4.02. The van der Waals surface area contributed by atoms with Gasteiger partial charge in [0.15, 0.2) is 29.8 Å². The van der Waals surface area contributed by atoms with Gasteiger partial charge in [-0.3, -0.25) is 24.1 Å². The molecule has 0 spiro atoms. The second-order valence-corrected chi connectivity index (χ2v) is 10.4. The summed E-state index contributed by atoms with van der Waals surface area (Å²) in [6.07, 6.45) is 4.26. The number of aromatic nitrogens is 2. The van der Waals surface area contributed by atoms with E-state index in [1.54, 1.807) is 29.1 Å². The van der Waals surface area contributed by atoms with Gasteiger partial charge in [-0.25, -0.2) is 9.78 Å². The normalized spacial score (nSPS) is 18.7. The van der Waals surface area contributed by atoms with Gasteiger partial charge in [0, 0.05) is 17.4 Å². The number of aliphatic carboxylic acids is 1. The van der Waals surface area contributed by atoms with E-state index in [0.717, 1.165) is 16.2 Å². The summed E-state index contributed by atoms with van der Waals surface area (Å²) in [5.74, 6) is -2.44. The first-order valence-electron chi connectivity index (χ1n) is 10.7. The Morgan fingerprint density at radius 2 is 2.13 bits per heavy atom. The molecule has 2 aliphatic rings. The molecule has 2 atom stereocenters. The number of nitrogens with one attached hydrogen (secondary N) is 3. The average molecular weight is 581 g/mol. The molecule has 14 nitrogen and oxygen atoms in total. The van der Waals surface area contributed by atoms with Crippen LogP contribution >= 0.6 is 34.7 Å². The molecule has 4 heterocycles. The van der Waals surface area contributed by atoms with E-state index in [1.165, 1.54) is 18.9 Å². The molecule has 0 radical (unpaired) electrons. The van der Waals surface area contributed by atoms with Gasteiger partial charge in [0.2, 0.25) is 12.8 Å². The summed E-state index contributed by atoms with van der Waals surface area (Å²) in [5, 5.41) is 20.4. The number of nitrogens with zero attached hydrogens (tertiary/aromatic N) is 4. The third-order valence-corrected chi connectivity index (χ3v) is 7.91. The third kappa shape index (κ3) is 5.32. The standard InChI is InChI=1S/C21H18ClN7O7S2/c1-36-27-13(12-16(22)38-21(26-12)24-9-31)17(32)25-14-18(33)29-15(20(34)35)10(7-37-19(14)29)5-28-4-2-3-11(6-28)23-8-30/h2-4,6,8-9,14,19H,5,7H2,1H3,(H3-,23,24,25,26,30,31,32,34,35)/p+1/t14?,19-/m1/s1. The van der Waals surface area contributed by atoms with Crippen LogP contribution in [0.3, 0.4) is 0 Å². The Labute approximate surface area is 227 Å². The molecular formula is C21H19ClN7O7S2+. The lowest BCUT2D eigenvalue weighted by Crippen LogP contribution is -2.71. The van der Waals surface area contributed by atoms with Crippen LogP contribution in [0.15, 0.2) is 41.0 Å². The van der Waals surface area contributed by atoms with Crippen molar-refractivity contribution < 1.29 is 38.5 Å². The van der Waals surface area contributed by atoms with Gasteiger partial charge in [-0.1, -0.05) is 28.1 Å². The predicted octanol–water partition coefficient (Wildman–Crippen LogP) is 0.00990. The average Bonchev–Trinajstić information content (AvgIpc) is 3.25. The maximum absolute atomic E-state index is 13.0. The Balaban J connectivity index is 1.53. The van der Waals surface area contributed by atoms with Crippen LogP contribution in [0, 0.1) is 0 Å². The van der Waals surface area contributed by atoms with Crippen molar-refractivity contribution in [2.24, 2.45) is 5.16 Å². The minimum atomic E-state index is -1.28. The van der Waals surface area contributed by atoms with E-state index >= 15 is 0 Å². The third-order valence-electron chi connectivity index (χ3n) is 5.38. The molecule has 4 amide bonds. The van der Waals surface area contributed by atoms with Crippen LogP contribution in [0.1, 0.15) is 5.69 Å². The number of oxime groups is 1. The van der Waals surface area contributed by atoms with Crippen molar-refractivity contribution >= 4 is 81.8 Å². The van der Waals surface area contributed by atoms with Crippen LogP contribution in [0.5, 0.6) is 0 Å². The smallest absolute Gasteiger partial charge is 0.352 e. The van der Waals surface area contributed by atoms with Crippen molar-refractivity contribution in [2.75, 3.05) is 23.5 Å². The zero-order valence-electron chi connectivity index (χ0n) is 19.4. The molecule has 4 rings (SSSR count). The molecule has 4 N–H and O–H groups in total. The Bertz CT molecular complexity index is 1380. The first kappa shape index (κ1) is 27.0. The molecule has 0 bridgehead atoms. The molecule has 1 fully saturated rings. The summed E-state index contributed by atoms with van der Waals surface area (Å²) in [6, 6.07) is 2.33. The number of carboxylic acid groups (broad SMARTS) is 1. The second-order valence-electron chi connectivity index (χ2n) is 7.67. The van der Waals surface area contributed by atoms with E-state index in [9.17, 15) is 29.1 Å². The highest BCUT2D eigenvalue weighted by Crippen LogP contribution is 2.40. The van der Waals surface area contributed by atoms with E-state index in [1.807, 2.05) is 0 Å². The van der Waals surface area contributed by atoms with E-state index in [4.69, 9.17) is 16.4 Å². The monoisotopic (exact) mass is 580 g/mol. The lowest BCUT2D eigenvalue weighted by atomic mass is 10.0. The van der Waals surface area contributed by atoms with Gasteiger partial charge in [0.1, 0.15) is 39.9 Å². The number of carboxylic acids is 1. The van der Waals surface area contributed by atoms with Crippen LogP contribution in [0.2, 0.25) is 4.34 Å². The Kier molecular flexibility index (Phi) is 8.23. The summed E-state index contributed by atoms with van der Waals surface area (Å²) in [6.45, 7) is 0.167. The van der Waals surface area contributed by atoms with E-state index in [-0.39, 0.29) is 38.9 Å². The van der Waals surface area contributed by atoms with E-state index < -0.39 is 29.2 Å². The maximum atomic E-state index is 13.0. The minimum absolute atomic E-state index is 0.0551. The number of thiazole rings is 1. The number of carbonyl (C=O) groups is 5. The van der Waals surface area contributed by atoms with Gasteiger partial charge in [0.05, 0.1) is 0 Å². The maximum Gasteiger partial charge on any atom is 0.352 e. The first-order chi connectivity index (χ1) is 18.3. The molecule has 0 saturated carbocycles. The number of β-lactam (4-membered cyclic amide) rings is 1. The predicted molar refractivity (Wildman–Crippen MR) is 136 cm³/mol. The van der Waals surface area contributed by atoms with Gasteiger partial charge in [-0.05, 0) is 6.07 Å². The number of halogens is 1. The molecule has 2 aliphatic heterocycles. The van der Waals surface area contributed by atoms with Crippen molar-refractivity contribution in [3.8, 4) is 0 Å². The van der Waals surface area contributed by atoms with E-state index in [0.29, 0.717) is 24.1 Å². The zero-order chi connectivity index (χ0) is 27.4. The summed E-state index contributed by atoms with van der Waals surface area (Å²) in [5.41, 5.74) is 0.457. The van der Waals surface area contributed by atoms with Crippen LogP contribution in [0.4, 0.5) is 10.8 Å². The molecule has 17 heteroatoms. The molecular weight excluding hydrogens is 562 g/mol. The molecule has 0 aliphatic carbocycles. The van der Waals surface area contributed by atoms with Crippen LogP contribution in [-0.4, -0.2) is 75.6 Å². The fraction of sp³-hybridized carbons (Fsp3) is 0.238. The van der Waals surface area contributed by atoms with Crippen molar-refractivity contribution in [1.29, 1.82) is 0 Å². The molecule has 2 aromatic rings. The van der Waals surface area contributed by atoms with Gasteiger partial charge in [-0.15, -0.1) is 11.8 Å². The van der Waals surface area contributed by atoms with Crippen molar-refractivity contribution in [3.05, 3.63) is 45.8 Å². The van der Waals surface area contributed by atoms with Crippen LogP contribution in [0.25, 0.3) is 0 Å².